The van der Waals surface area contributed by atoms with Crippen LogP contribution < -0.4 is 0 Å². The number of likely N-dealkylation sites (tertiary alicyclic amines) is 1. The van der Waals surface area contributed by atoms with E-state index in [0.717, 1.165) is 15.9 Å². The van der Waals surface area contributed by atoms with Gasteiger partial charge in [0.25, 0.3) is 0 Å². The third kappa shape index (κ3) is 2.87. The van der Waals surface area contributed by atoms with Crippen LogP contribution in [0.2, 0.25) is 0 Å². The van der Waals surface area contributed by atoms with E-state index in [1.54, 1.807) is 0 Å². The Hall–Kier alpha value is 0.690. The van der Waals surface area contributed by atoms with Gasteiger partial charge in [-0.05, 0) is 45.7 Å². The van der Waals surface area contributed by atoms with E-state index in [1.807, 2.05) is 0 Å². The number of hydrogen-bond donors (Lipinski definition) is 0. The van der Waals surface area contributed by atoms with E-state index in [1.165, 1.54) is 25.9 Å². The van der Waals surface area contributed by atoms with Gasteiger partial charge in [0.2, 0.25) is 0 Å². The maximum Gasteiger partial charge on any atom is 0.0110 e. The molecule has 1 rings (SSSR count). The SMILES string of the molecule is CC(I)C1CCN(C(C)C)CC1. The summed E-state index contributed by atoms with van der Waals surface area (Å²) in [6.07, 6.45) is 2.81. The van der Waals surface area contributed by atoms with Gasteiger partial charge in [-0.25, -0.2) is 0 Å². The lowest BCUT2D eigenvalue weighted by Crippen LogP contribution is -2.39. The Labute approximate surface area is 90.0 Å². The van der Waals surface area contributed by atoms with Crippen molar-refractivity contribution >= 4 is 22.6 Å². The Morgan fingerprint density at radius 2 is 1.67 bits per heavy atom. The molecule has 1 heterocycles. The van der Waals surface area contributed by atoms with Gasteiger partial charge in [-0.15, -0.1) is 0 Å². The summed E-state index contributed by atoms with van der Waals surface area (Å²) < 4.78 is 0.858. The fourth-order valence-corrected chi connectivity index (χ4v) is 2.61. The Morgan fingerprint density at radius 3 is 2.00 bits per heavy atom. The topological polar surface area (TPSA) is 3.24 Å². The normalized spacial score (nSPS) is 24.8. The van der Waals surface area contributed by atoms with Gasteiger partial charge in [-0.1, -0.05) is 29.5 Å². The minimum Gasteiger partial charge on any atom is -0.301 e. The van der Waals surface area contributed by atoms with E-state index >= 15 is 0 Å². The number of piperidine rings is 1. The highest BCUT2D eigenvalue weighted by Crippen LogP contribution is 2.25. The van der Waals surface area contributed by atoms with Crippen LogP contribution in [0.5, 0.6) is 0 Å². The molecule has 1 nitrogen and oxygen atoms in total. The van der Waals surface area contributed by atoms with Gasteiger partial charge in [0.1, 0.15) is 0 Å². The van der Waals surface area contributed by atoms with Crippen LogP contribution in [0.3, 0.4) is 0 Å². The number of hydrogen-bond acceptors (Lipinski definition) is 1. The monoisotopic (exact) mass is 281 g/mol. The quantitative estimate of drug-likeness (QED) is 0.555. The van der Waals surface area contributed by atoms with Gasteiger partial charge in [-0.2, -0.15) is 0 Å². The third-order valence-electron chi connectivity index (χ3n) is 2.95. The van der Waals surface area contributed by atoms with Gasteiger partial charge in [0.05, 0.1) is 0 Å². The summed E-state index contributed by atoms with van der Waals surface area (Å²) in [5.41, 5.74) is 0. The molecule has 0 amide bonds. The van der Waals surface area contributed by atoms with Crippen LogP contribution in [0, 0.1) is 5.92 Å². The molecule has 2 heteroatoms. The molecule has 1 saturated heterocycles. The highest BCUT2D eigenvalue weighted by molar-refractivity contribution is 14.1. The average Bonchev–Trinajstić information content (AvgIpc) is 2.04. The van der Waals surface area contributed by atoms with Crippen molar-refractivity contribution in [3.8, 4) is 0 Å². The Morgan fingerprint density at radius 1 is 1.17 bits per heavy atom. The molecule has 0 saturated carbocycles. The highest BCUT2D eigenvalue weighted by Gasteiger charge is 2.23. The van der Waals surface area contributed by atoms with E-state index in [-0.39, 0.29) is 0 Å². The first-order valence-corrected chi connectivity index (χ1v) is 6.24. The second-order valence-corrected chi connectivity index (χ2v) is 6.11. The Bertz CT molecular complexity index is 110. The Balaban J connectivity index is 2.30. The summed E-state index contributed by atoms with van der Waals surface area (Å²) in [5.74, 6) is 0.973. The van der Waals surface area contributed by atoms with E-state index in [9.17, 15) is 0 Å². The number of halogens is 1. The summed E-state index contributed by atoms with van der Waals surface area (Å²) >= 11 is 2.57. The Kier molecular flexibility index (Phi) is 4.30. The van der Waals surface area contributed by atoms with Gasteiger partial charge in [0.15, 0.2) is 0 Å². The van der Waals surface area contributed by atoms with Gasteiger partial charge >= 0.3 is 0 Å². The van der Waals surface area contributed by atoms with Gasteiger partial charge in [0, 0.05) is 9.97 Å². The van der Waals surface area contributed by atoms with Crippen LogP contribution in [-0.2, 0) is 0 Å². The van der Waals surface area contributed by atoms with Crippen molar-refractivity contribution in [1.29, 1.82) is 0 Å². The van der Waals surface area contributed by atoms with Crippen molar-refractivity contribution in [1.82, 2.24) is 4.90 Å². The molecule has 1 aliphatic rings. The third-order valence-corrected chi connectivity index (χ3v) is 3.97. The summed E-state index contributed by atoms with van der Waals surface area (Å²) in [6.45, 7) is 9.57. The molecular weight excluding hydrogens is 261 g/mol. The molecule has 1 fully saturated rings. The molecule has 0 aliphatic carbocycles. The maximum atomic E-state index is 2.59. The van der Waals surface area contributed by atoms with Crippen molar-refractivity contribution in [2.24, 2.45) is 5.92 Å². The fraction of sp³-hybridized carbons (Fsp3) is 1.00. The van der Waals surface area contributed by atoms with E-state index in [0.29, 0.717) is 0 Å². The van der Waals surface area contributed by atoms with Crippen LogP contribution >= 0.6 is 22.6 Å². The van der Waals surface area contributed by atoms with Crippen LogP contribution in [0.15, 0.2) is 0 Å². The fourth-order valence-electron chi connectivity index (χ4n) is 1.90. The van der Waals surface area contributed by atoms with Crippen molar-refractivity contribution in [3.05, 3.63) is 0 Å². The minimum atomic E-state index is 0.746. The molecular formula is C10H20IN. The van der Waals surface area contributed by atoms with Gasteiger partial charge < -0.3 is 4.90 Å². The highest BCUT2D eigenvalue weighted by atomic mass is 127. The van der Waals surface area contributed by atoms with Crippen molar-refractivity contribution in [2.45, 2.75) is 43.6 Å². The zero-order chi connectivity index (χ0) is 9.14. The second kappa shape index (κ2) is 4.80. The van der Waals surface area contributed by atoms with Crippen LogP contribution in [-0.4, -0.2) is 28.0 Å². The zero-order valence-electron chi connectivity index (χ0n) is 8.39. The molecule has 0 bridgehead atoms. The standard InChI is InChI=1S/C10H20IN/c1-8(2)12-6-4-10(5-7-12)9(3)11/h8-10H,4-7H2,1-3H3. The van der Waals surface area contributed by atoms with Crippen LogP contribution in [0.25, 0.3) is 0 Å². The molecule has 0 N–H and O–H groups in total. The minimum absolute atomic E-state index is 0.746. The lowest BCUT2D eigenvalue weighted by Gasteiger charge is -2.35. The number of nitrogens with zero attached hydrogens (tertiary/aromatic N) is 1. The van der Waals surface area contributed by atoms with Crippen molar-refractivity contribution < 1.29 is 0 Å². The molecule has 0 aromatic carbocycles. The largest absolute Gasteiger partial charge is 0.301 e. The smallest absolute Gasteiger partial charge is 0.0110 e. The van der Waals surface area contributed by atoms with E-state index in [4.69, 9.17) is 0 Å². The predicted molar refractivity (Wildman–Crippen MR) is 62.9 cm³/mol. The first kappa shape index (κ1) is 10.8. The van der Waals surface area contributed by atoms with E-state index < -0.39 is 0 Å². The van der Waals surface area contributed by atoms with Crippen LogP contribution in [0.1, 0.15) is 33.6 Å². The molecule has 0 aromatic rings. The maximum absolute atomic E-state index is 2.59. The lowest BCUT2D eigenvalue weighted by molar-refractivity contribution is 0.151. The number of rotatable bonds is 2. The predicted octanol–water partition coefficient (Wildman–Crippen LogP) is 2.93. The zero-order valence-corrected chi connectivity index (χ0v) is 10.5. The summed E-state index contributed by atoms with van der Waals surface area (Å²) in [7, 11) is 0. The average molecular weight is 281 g/mol. The molecule has 1 unspecified atom stereocenters. The van der Waals surface area contributed by atoms with Gasteiger partial charge in [-0.3, -0.25) is 0 Å². The first-order valence-electron chi connectivity index (χ1n) is 4.99. The molecule has 1 aliphatic heterocycles. The van der Waals surface area contributed by atoms with E-state index in [2.05, 4.69) is 48.3 Å². The molecule has 0 aromatic heterocycles. The first-order chi connectivity index (χ1) is 5.61. The molecule has 0 radical (unpaired) electrons. The molecule has 12 heavy (non-hydrogen) atoms. The summed E-state index contributed by atoms with van der Waals surface area (Å²) in [5, 5.41) is 0. The lowest BCUT2D eigenvalue weighted by atomic mass is 9.94. The second-order valence-electron chi connectivity index (χ2n) is 4.14. The molecule has 1 atom stereocenters. The molecule has 0 spiro atoms. The van der Waals surface area contributed by atoms with Crippen molar-refractivity contribution in [3.63, 3.8) is 0 Å². The summed E-state index contributed by atoms with van der Waals surface area (Å²) in [6, 6.07) is 0.746. The van der Waals surface area contributed by atoms with Crippen molar-refractivity contribution in [2.75, 3.05) is 13.1 Å². The molecule has 72 valence electrons. The van der Waals surface area contributed by atoms with Crippen LogP contribution in [0.4, 0.5) is 0 Å². The number of alkyl halides is 1. The summed E-state index contributed by atoms with van der Waals surface area (Å²) in [4.78, 5) is 2.59.